The molecule has 1 aliphatic rings. The number of hydrogen-bond donors (Lipinski definition) is 0. The minimum Gasteiger partial charge on any atom is -0.490 e. The molecular weight excluding hydrogens is 497 g/mol. The molecule has 0 N–H and O–H groups in total. The van der Waals surface area contributed by atoms with Crippen LogP contribution in [0.3, 0.4) is 0 Å². The van der Waals surface area contributed by atoms with E-state index in [1.54, 1.807) is 18.2 Å². The molecule has 6 heteroatoms. The Bertz CT molecular complexity index is 1240. The number of para-hydroxylation sites is 1. The molecule has 0 bridgehead atoms. The highest BCUT2D eigenvalue weighted by atomic mass is 79.9. The van der Waals surface area contributed by atoms with Gasteiger partial charge < -0.3 is 14.4 Å². The zero-order valence-corrected chi connectivity index (χ0v) is 21.1. The molecule has 0 radical (unpaired) electrons. The number of halogens is 2. The lowest BCUT2D eigenvalue weighted by Gasteiger charge is -2.19. The molecule has 0 aromatic heterocycles. The third-order valence-corrected chi connectivity index (χ3v) is 6.07. The van der Waals surface area contributed by atoms with E-state index in [0.29, 0.717) is 46.2 Å². The van der Waals surface area contributed by atoms with Crippen molar-refractivity contribution in [1.82, 2.24) is 0 Å². The van der Waals surface area contributed by atoms with E-state index in [2.05, 4.69) is 29.8 Å². The molecule has 0 aliphatic carbocycles. The number of nitrogens with zero attached hydrogens (tertiary/aromatic N) is 1. The lowest BCUT2D eigenvalue weighted by Crippen LogP contribution is -2.30. The van der Waals surface area contributed by atoms with Gasteiger partial charge in [0, 0.05) is 23.2 Å². The van der Waals surface area contributed by atoms with Gasteiger partial charge in [0.15, 0.2) is 11.5 Å². The summed E-state index contributed by atoms with van der Waals surface area (Å²) in [6, 6.07) is 18.1. The summed E-state index contributed by atoms with van der Waals surface area (Å²) in [5.41, 5.74) is 3.76. The van der Waals surface area contributed by atoms with Gasteiger partial charge in [-0.1, -0.05) is 50.2 Å². The minimum absolute atomic E-state index is 0.0103. The summed E-state index contributed by atoms with van der Waals surface area (Å²) in [6.07, 6.45) is 1.88. The second-order valence-electron chi connectivity index (χ2n) is 8.53. The first-order valence-electron chi connectivity index (χ1n) is 11.3. The zero-order chi connectivity index (χ0) is 24.2. The highest BCUT2D eigenvalue weighted by Crippen LogP contribution is 2.41. The number of anilines is 1. The number of rotatable bonds is 8. The van der Waals surface area contributed by atoms with Crippen molar-refractivity contribution in [3.8, 4) is 11.5 Å². The van der Waals surface area contributed by atoms with Crippen LogP contribution in [0.15, 0.2) is 65.1 Å². The average molecular weight is 524 g/mol. The van der Waals surface area contributed by atoms with Crippen LogP contribution in [-0.4, -0.2) is 19.1 Å². The van der Waals surface area contributed by atoms with E-state index < -0.39 is 0 Å². The second-order valence-corrected chi connectivity index (χ2v) is 9.38. The van der Waals surface area contributed by atoms with Crippen LogP contribution in [-0.2, 0) is 11.4 Å². The van der Waals surface area contributed by atoms with Gasteiger partial charge in [0.25, 0.3) is 5.91 Å². The van der Waals surface area contributed by atoms with Crippen molar-refractivity contribution in [1.29, 1.82) is 0 Å². The lowest BCUT2D eigenvalue weighted by molar-refractivity contribution is -0.113. The van der Waals surface area contributed by atoms with E-state index in [-0.39, 0.29) is 18.3 Å². The van der Waals surface area contributed by atoms with Gasteiger partial charge in [-0.2, -0.15) is 0 Å². The number of ether oxygens (including phenoxy) is 2. The molecule has 1 aliphatic heterocycles. The van der Waals surface area contributed by atoms with Gasteiger partial charge in [-0.05, 0) is 64.7 Å². The average Bonchev–Trinajstić information content (AvgIpc) is 3.05. The van der Waals surface area contributed by atoms with E-state index in [1.165, 1.54) is 6.07 Å². The van der Waals surface area contributed by atoms with Crippen molar-refractivity contribution in [3.05, 3.63) is 87.6 Å². The van der Waals surface area contributed by atoms with Crippen molar-refractivity contribution >= 4 is 39.2 Å². The Morgan fingerprint density at radius 2 is 1.79 bits per heavy atom. The van der Waals surface area contributed by atoms with Crippen LogP contribution in [0.25, 0.3) is 11.6 Å². The largest absolute Gasteiger partial charge is 0.490 e. The van der Waals surface area contributed by atoms with Gasteiger partial charge >= 0.3 is 0 Å². The number of fused-ring (bicyclic) bond motifs is 1. The van der Waals surface area contributed by atoms with Crippen LogP contribution in [0.4, 0.5) is 10.1 Å². The molecule has 34 heavy (non-hydrogen) atoms. The zero-order valence-electron chi connectivity index (χ0n) is 19.5. The molecule has 3 aromatic carbocycles. The maximum Gasteiger partial charge on any atom is 0.259 e. The predicted octanol–water partition coefficient (Wildman–Crippen LogP) is 7.11. The first-order chi connectivity index (χ1) is 16.4. The third-order valence-electron chi connectivity index (χ3n) is 5.48. The molecule has 1 heterocycles. The fourth-order valence-corrected chi connectivity index (χ4v) is 4.57. The number of amides is 1. The topological polar surface area (TPSA) is 38.8 Å². The van der Waals surface area contributed by atoms with E-state index in [9.17, 15) is 9.18 Å². The molecule has 0 saturated carbocycles. The minimum atomic E-state index is -0.317. The molecule has 0 atom stereocenters. The van der Waals surface area contributed by atoms with Crippen molar-refractivity contribution in [3.63, 3.8) is 0 Å². The third kappa shape index (κ3) is 5.02. The number of benzene rings is 3. The van der Waals surface area contributed by atoms with Gasteiger partial charge in [-0.25, -0.2) is 4.39 Å². The monoisotopic (exact) mass is 523 g/mol. The summed E-state index contributed by atoms with van der Waals surface area (Å²) in [4.78, 5) is 15.2. The molecule has 4 nitrogen and oxygen atoms in total. The van der Waals surface area contributed by atoms with Crippen LogP contribution in [0.2, 0.25) is 0 Å². The van der Waals surface area contributed by atoms with Crippen molar-refractivity contribution in [2.45, 2.75) is 27.4 Å². The van der Waals surface area contributed by atoms with Gasteiger partial charge in [-0.15, -0.1) is 0 Å². The second kappa shape index (κ2) is 10.4. The van der Waals surface area contributed by atoms with Crippen molar-refractivity contribution in [2.24, 2.45) is 5.92 Å². The van der Waals surface area contributed by atoms with Crippen LogP contribution < -0.4 is 14.4 Å². The smallest absolute Gasteiger partial charge is 0.259 e. The standard InChI is InChI=1S/C28H27BrFNO3/c1-4-33-26-15-19(14-23(29)27(26)34-17-20-9-5-7-11-24(20)30)13-22-21-10-6-8-12-25(21)31(28(22)32)16-18(2)3/h5-15,18H,4,16-17H2,1-3H3/b22-13-. The molecule has 4 rings (SSSR count). The number of hydrogen-bond acceptors (Lipinski definition) is 3. The Hall–Kier alpha value is -3.12. The molecule has 1 amide bonds. The number of carbonyl (C=O) groups is 1. The molecule has 0 fully saturated rings. The molecule has 0 spiro atoms. The Balaban J connectivity index is 1.68. The van der Waals surface area contributed by atoms with E-state index in [4.69, 9.17) is 9.47 Å². The van der Waals surface area contributed by atoms with Gasteiger partial charge in [0.1, 0.15) is 12.4 Å². The first-order valence-corrected chi connectivity index (χ1v) is 12.1. The Morgan fingerprint density at radius 1 is 1.06 bits per heavy atom. The van der Waals surface area contributed by atoms with Gasteiger partial charge in [-0.3, -0.25) is 4.79 Å². The molecule has 176 valence electrons. The summed E-state index contributed by atoms with van der Waals surface area (Å²) >= 11 is 3.58. The van der Waals surface area contributed by atoms with E-state index >= 15 is 0 Å². The fraction of sp³-hybridized carbons (Fsp3) is 0.250. The van der Waals surface area contributed by atoms with Gasteiger partial charge in [0.2, 0.25) is 0 Å². The van der Waals surface area contributed by atoms with Crippen LogP contribution in [0.1, 0.15) is 37.5 Å². The number of carbonyl (C=O) groups excluding carboxylic acids is 1. The quantitative estimate of drug-likeness (QED) is 0.295. The lowest BCUT2D eigenvalue weighted by atomic mass is 10.0. The Kier molecular flexibility index (Phi) is 7.37. The van der Waals surface area contributed by atoms with Crippen molar-refractivity contribution < 1.29 is 18.7 Å². The molecular formula is C28H27BrFNO3. The highest BCUT2D eigenvalue weighted by Gasteiger charge is 2.32. The fourth-order valence-electron chi connectivity index (χ4n) is 4.00. The maximum absolute atomic E-state index is 14.0. The summed E-state index contributed by atoms with van der Waals surface area (Å²) in [5.74, 6) is 1.04. The van der Waals surface area contributed by atoms with Crippen molar-refractivity contribution in [2.75, 3.05) is 18.1 Å². The predicted molar refractivity (Wildman–Crippen MR) is 138 cm³/mol. The maximum atomic E-state index is 14.0. The van der Waals surface area contributed by atoms with Crippen LogP contribution in [0, 0.1) is 11.7 Å². The molecule has 0 unspecified atom stereocenters. The summed E-state index contributed by atoms with van der Waals surface area (Å²) in [5, 5.41) is 0. The van der Waals surface area contributed by atoms with Crippen LogP contribution in [0.5, 0.6) is 11.5 Å². The van der Waals surface area contributed by atoms with E-state index in [0.717, 1.165) is 16.8 Å². The summed E-state index contributed by atoms with van der Waals surface area (Å²) in [7, 11) is 0. The summed E-state index contributed by atoms with van der Waals surface area (Å²) in [6.45, 7) is 7.25. The van der Waals surface area contributed by atoms with E-state index in [1.807, 2.05) is 54.3 Å². The Labute approximate surface area is 208 Å². The normalized spacial score (nSPS) is 14.1. The van der Waals surface area contributed by atoms with Crippen LogP contribution >= 0.6 is 15.9 Å². The SMILES string of the molecule is CCOc1cc(/C=C2\C(=O)N(CC(C)C)c3ccccc32)cc(Br)c1OCc1ccccc1F. The summed E-state index contributed by atoms with van der Waals surface area (Å²) < 4.78 is 26.5. The molecule has 0 saturated heterocycles. The Morgan fingerprint density at radius 3 is 2.53 bits per heavy atom. The molecule has 3 aromatic rings. The first kappa shape index (κ1) is 24.0. The highest BCUT2D eigenvalue weighted by molar-refractivity contribution is 9.10. The van der Waals surface area contributed by atoms with Gasteiger partial charge in [0.05, 0.1) is 16.8 Å².